The molecule has 0 aliphatic carbocycles. The minimum Gasteiger partial charge on any atom is -0.309 e. The molecule has 0 amide bonds. The highest BCUT2D eigenvalue weighted by atomic mass is 15.0. The molecule has 0 bridgehead atoms. The van der Waals surface area contributed by atoms with Crippen LogP contribution in [-0.4, -0.2) is 9.13 Å². The summed E-state index contributed by atoms with van der Waals surface area (Å²) in [5.41, 5.74) is 12.1. The van der Waals surface area contributed by atoms with Gasteiger partial charge in [0.15, 0.2) is 0 Å². The minimum absolute atomic E-state index is 1.16. The third kappa shape index (κ3) is 4.06. The molecular weight excluding hydrogens is 581 g/mol. The maximum absolute atomic E-state index is 2.41. The van der Waals surface area contributed by atoms with Crippen molar-refractivity contribution in [1.82, 2.24) is 9.13 Å². The second kappa shape index (κ2) is 10.6. The lowest BCUT2D eigenvalue weighted by atomic mass is 9.99. The van der Waals surface area contributed by atoms with E-state index in [9.17, 15) is 0 Å². The first-order valence-electron chi connectivity index (χ1n) is 16.5. The average molecular weight is 611 g/mol. The maximum Gasteiger partial charge on any atom is 0.0547 e. The average Bonchev–Trinajstić information content (AvgIpc) is 3.68. The predicted octanol–water partition coefficient (Wildman–Crippen LogP) is 12.4. The molecule has 0 aliphatic heterocycles. The fourth-order valence-electron chi connectivity index (χ4n) is 7.71. The molecule has 224 valence electrons. The summed E-state index contributed by atoms with van der Waals surface area (Å²) in [6.07, 6.45) is 0. The van der Waals surface area contributed by atoms with Crippen LogP contribution in [0.5, 0.6) is 0 Å². The van der Waals surface area contributed by atoms with Crippen molar-refractivity contribution in [3.05, 3.63) is 182 Å². The van der Waals surface area contributed by atoms with E-state index in [0.29, 0.717) is 0 Å². The maximum atomic E-state index is 2.41. The van der Waals surface area contributed by atoms with Crippen LogP contribution in [0.4, 0.5) is 0 Å². The highest BCUT2D eigenvalue weighted by Gasteiger charge is 2.17. The van der Waals surface area contributed by atoms with Gasteiger partial charge in [-0.3, -0.25) is 0 Å². The third-order valence-corrected chi connectivity index (χ3v) is 9.89. The molecule has 2 heterocycles. The van der Waals surface area contributed by atoms with Gasteiger partial charge < -0.3 is 9.13 Å². The van der Waals surface area contributed by atoms with E-state index in [2.05, 4.69) is 191 Å². The number of hydrogen-bond donors (Lipinski definition) is 0. The van der Waals surface area contributed by atoms with E-state index in [1.54, 1.807) is 0 Å². The number of rotatable bonds is 4. The van der Waals surface area contributed by atoms with E-state index < -0.39 is 0 Å². The molecule has 0 aliphatic rings. The summed E-state index contributed by atoms with van der Waals surface area (Å²) < 4.78 is 4.81. The largest absolute Gasteiger partial charge is 0.309 e. The second-order valence-electron chi connectivity index (χ2n) is 12.6. The topological polar surface area (TPSA) is 9.86 Å². The minimum atomic E-state index is 1.16. The lowest BCUT2D eigenvalue weighted by Crippen LogP contribution is -1.94. The fourth-order valence-corrected chi connectivity index (χ4v) is 7.71. The van der Waals surface area contributed by atoms with Gasteiger partial charge in [-0.25, -0.2) is 0 Å². The molecule has 8 aromatic carbocycles. The van der Waals surface area contributed by atoms with Crippen LogP contribution in [-0.2, 0) is 0 Å². The molecular formula is C46H30N2. The normalized spacial score (nSPS) is 11.8. The van der Waals surface area contributed by atoms with Gasteiger partial charge in [0.25, 0.3) is 0 Å². The predicted molar refractivity (Wildman–Crippen MR) is 203 cm³/mol. The van der Waals surface area contributed by atoms with Gasteiger partial charge in [0.1, 0.15) is 0 Å². The van der Waals surface area contributed by atoms with E-state index in [0.717, 1.165) is 5.69 Å². The molecule has 0 saturated carbocycles. The Morgan fingerprint density at radius 3 is 1.62 bits per heavy atom. The summed E-state index contributed by atoms with van der Waals surface area (Å²) in [6, 6.07) is 66.2. The Morgan fingerprint density at radius 2 is 0.812 bits per heavy atom. The van der Waals surface area contributed by atoms with E-state index in [1.165, 1.54) is 82.3 Å². The van der Waals surface area contributed by atoms with Crippen LogP contribution in [0.2, 0.25) is 0 Å². The van der Waals surface area contributed by atoms with Gasteiger partial charge >= 0.3 is 0 Å². The summed E-state index contributed by atoms with van der Waals surface area (Å²) >= 11 is 0. The number of para-hydroxylation sites is 2. The third-order valence-electron chi connectivity index (χ3n) is 9.89. The van der Waals surface area contributed by atoms with Gasteiger partial charge in [-0.2, -0.15) is 0 Å². The van der Waals surface area contributed by atoms with Gasteiger partial charge in [-0.15, -0.1) is 0 Å². The van der Waals surface area contributed by atoms with Gasteiger partial charge in [0.05, 0.1) is 22.1 Å². The molecule has 0 fully saturated rings. The van der Waals surface area contributed by atoms with Crippen LogP contribution in [0.15, 0.2) is 182 Å². The molecule has 2 heteroatoms. The molecule has 48 heavy (non-hydrogen) atoms. The van der Waals surface area contributed by atoms with Crippen molar-refractivity contribution in [3.8, 4) is 33.6 Å². The first-order valence-corrected chi connectivity index (χ1v) is 16.5. The number of aromatic nitrogens is 2. The van der Waals surface area contributed by atoms with Gasteiger partial charge in [-0.05, 0) is 93.7 Å². The summed E-state index contributed by atoms with van der Waals surface area (Å²) in [5, 5.41) is 7.61. The van der Waals surface area contributed by atoms with E-state index in [-0.39, 0.29) is 0 Å². The zero-order valence-corrected chi connectivity index (χ0v) is 26.2. The Bertz CT molecular complexity index is 2820. The van der Waals surface area contributed by atoms with Crippen LogP contribution in [0.1, 0.15) is 0 Å². The first kappa shape index (κ1) is 26.8. The van der Waals surface area contributed by atoms with Gasteiger partial charge in [0.2, 0.25) is 0 Å². The van der Waals surface area contributed by atoms with Crippen LogP contribution >= 0.6 is 0 Å². The van der Waals surface area contributed by atoms with E-state index in [1.807, 2.05) is 0 Å². The number of hydrogen-bond acceptors (Lipinski definition) is 0. The van der Waals surface area contributed by atoms with Crippen LogP contribution < -0.4 is 0 Å². The molecule has 0 spiro atoms. The first-order chi connectivity index (χ1) is 23.8. The molecule has 10 aromatic rings. The Balaban J connectivity index is 1.19. The summed E-state index contributed by atoms with van der Waals surface area (Å²) in [7, 11) is 0. The van der Waals surface area contributed by atoms with E-state index >= 15 is 0 Å². The smallest absolute Gasteiger partial charge is 0.0547 e. The van der Waals surface area contributed by atoms with E-state index in [4.69, 9.17) is 0 Å². The van der Waals surface area contributed by atoms with Crippen molar-refractivity contribution in [3.63, 3.8) is 0 Å². The second-order valence-corrected chi connectivity index (χ2v) is 12.6. The Morgan fingerprint density at radius 1 is 0.271 bits per heavy atom. The molecule has 2 aromatic heterocycles. The van der Waals surface area contributed by atoms with Crippen LogP contribution in [0.25, 0.3) is 88.0 Å². The highest BCUT2D eigenvalue weighted by Crippen LogP contribution is 2.40. The summed E-state index contributed by atoms with van der Waals surface area (Å²) in [6.45, 7) is 0. The van der Waals surface area contributed by atoms with Crippen molar-refractivity contribution >= 4 is 54.4 Å². The zero-order chi connectivity index (χ0) is 31.6. The molecule has 2 nitrogen and oxygen atoms in total. The summed E-state index contributed by atoms with van der Waals surface area (Å²) in [4.78, 5) is 0. The van der Waals surface area contributed by atoms with Crippen molar-refractivity contribution in [2.24, 2.45) is 0 Å². The standard InChI is InChI=1S/C46H30N2/c1-3-12-31(13-4-1)33-15-11-18-37(28-33)48-42-21-10-9-20-39(42)40-29-34(23-25-43(40)48)35-24-26-44-41(30-35)46-38-19-8-7-14-32(38)22-27-45(46)47(44)36-16-5-2-6-17-36/h1-30H. The Kier molecular flexibility index (Phi) is 5.91. The number of benzene rings is 8. The molecule has 0 radical (unpaired) electrons. The molecule has 10 rings (SSSR count). The molecule has 0 N–H and O–H groups in total. The fraction of sp³-hybridized carbons (Fsp3) is 0. The number of fused-ring (bicyclic) bond motifs is 8. The lowest BCUT2D eigenvalue weighted by Gasteiger charge is -2.11. The molecule has 0 atom stereocenters. The SMILES string of the molecule is c1ccc(-c2cccc(-n3c4ccccc4c4cc(-c5ccc6c(c5)c5c7ccccc7ccc5n6-c5ccccc5)ccc43)c2)cc1. The lowest BCUT2D eigenvalue weighted by molar-refractivity contribution is 1.18. The van der Waals surface area contributed by atoms with Crippen LogP contribution in [0.3, 0.4) is 0 Å². The molecule has 0 unspecified atom stereocenters. The monoisotopic (exact) mass is 610 g/mol. The van der Waals surface area contributed by atoms with Crippen molar-refractivity contribution in [2.75, 3.05) is 0 Å². The Hall–Kier alpha value is -6.38. The van der Waals surface area contributed by atoms with Crippen LogP contribution in [0, 0.1) is 0 Å². The quantitative estimate of drug-likeness (QED) is 0.188. The number of nitrogens with zero attached hydrogens (tertiary/aromatic N) is 2. The molecule has 0 saturated heterocycles. The highest BCUT2D eigenvalue weighted by molar-refractivity contribution is 6.22. The van der Waals surface area contributed by atoms with Gasteiger partial charge in [0, 0.05) is 32.9 Å². The van der Waals surface area contributed by atoms with Crippen molar-refractivity contribution in [1.29, 1.82) is 0 Å². The van der Waals surface area contributed by atoms with Gasteiger partial charge in [-0.1, -0.05) is 121 Å². The zero-order valence-electron chi connectivity index (χ0n) is 26.2. The summed E-state index contributed by atoms with van der Waals surface area (Å²) in [5.74, 6) is 0. The Labute approximate surface area is 278 Å². The van der Waals surface area contributed by atoms with Crippen molar-refractivity contribution < 1.29 is 0 Å². The van der Waals surface area contributed by atoms with Crippen molar-refractivity contribution in [2.45, 2.75) is 0 Å².